The molecule has 2 nitrogen and oxygen atoms in total. The van der Waals surface area contributed by atoms with Gasteiger partial charge in [-0.15, -0.1) is 0 Å². The van der Waals surface area contributed by atoms with Crippen LogP contribution < -0.4 is 4.74 Å². The topological polar surface area (TPSA) is 22.4 Å². The molecule has 0 bridgehead atoms. The minimum absolute atomic E-state index is 0.0994. The first kappa shape index (κ1) is 20.1. The molecule has 168 valence electrons. The number of ether oxygens (including phenoxy) is 1. The van der Waals surface area contributed by atoms with Gasteiger partial charge in [0.2, 0.25) is 0 Å². The minimum atomic E-state index is -0.0994. The summed E-state index contributed by atoms with van der Waals surface area (Å²) in [5.74, 6) is 1.87. The Morgan fingerprint density at radius 3 is 2.11 bits per heavy atom. The van der Waals surface area contributed by atoms with Gasteiger partial charge in [-0.3, -0.25) is 0 Å². The van der Waals surface area contributed by atoms with Crippen LogP contribution in [0.1, 0.15) is 25.0 Å². The lowest BCUT2D eigenvalue weighted by atomic mass is 9.75. The van der Waals surface area contributed by atoms with Crippen molar-refractivity contribution in [1.82, 2.24) is 0 Å². The van der Waals surface area contributed by atoms with Gasteiger partial charge in [0, 0.05) is 32.9 Å². The maximum absolute atomic E-state index is 6.33. The normalized spacial score (nSPS) is 13.9. The molecule has 0 saturated carbocycles. The summed E-state index contributed by atoms with van der Waals surface area (Å²) in [6.07, 6.45) is 0. The van der Waals surface area contributed by atoms with E-state index in [2.05, 4.69) is 105 Å². The van der Waals surface area contributed by atoms with Gasteiger partial charge in [-0.05, 0) is 34.9 Å². The first-order chi connectivity index (χ1) is 17.1. The first-order valence-corrected chi connectivity index (χ1v) is 12.0. The van der Waals surface area contributed by atoms with Crippen molar-refractivity contribution in [2.45, 2.75) is 19.3 Å². The lowest BCUT2D eigenvalue weighted by Gasteiger charge is -2.34. The molecule has 35 heavy (non-hydrogen) atoms. The molecule has 7 rings (SSSR count). The Morgan fingerprint density at radius 2 is 1.23 bits per heavy atom. The molecule has 2 heteroatoms. The molecule has 0 aliphatic carbocycles. The quantitative estimate of drug-likeness (QED) is 0.261. The summed E-state index contributed by atoms with van der Waals surface area (Å²) in [5, 5.41) is 2.30. The zero-order chi connectivity index (χ0) is 23.6. The lowest BCUT2D eigenvalue weighted by molar-refractivity contribution is 0.418. The number of para-hydroxylation sites is 3. The van der Waals surface area contributed by atoms with Crippen molar-refractivity contribution in [1.29, 1.82) is 0 Å². The third-order valence-electron chi connectivity index (χ3n) is 7.37. The molecule has 0 spiro atoms. The van der Waals surface area contributed by atoms with E-state index in [1.54, 1.807) is 0 Å². The van der Waals surface area contributed by atoms with Crippen LogP contribution in [-0.2, 0) is 5.41 Å². The molecular formula is C33H24O2. The number of hydrogen-bond donors (Lipinski definition) is 0. The van der Waals surface area contributed by atoms with Crippen molar-refractivity contribution >= 4 is 21.9 Å². The number of benzene rings is 5. The van der Waals surface area contributed by atoms with E-state index < -0.39 is 0 Å². The van der Waals surface area contributed by atoms with Gasteiger partial charge in [0.05, 0.1) is 0 Å². The second-order valence-corrected chi connectivity index (χ2v) is 9.79. The number of hydrogen-bond acceptors (Lipinski definition) is 2. The van der Waals surface area contributed by atoms with Crippen LogP contribution in [0, 0.1) is 0 Å². The Balaban J connectivity index is 1.27. The molecule has 0 saturated heterocycles. The van der Waals surface area contributed by atoms with Crippen molar-refractivity contribution in [3.05, 3.63) is 120 Å². The third-order valence-corrected chi connectivity index (χ3v) is 7.37. The zero-order valence-corrected chi connectivity index (χ0v) is 19.7. The molecule has 0 N–H and O–H groups in total. The van der Waals surface area contributed by atoms with E-state index in [4.69, 9.17) is 9.15 Å². The Labute approximate surface area is 204 Å². The highest BCUT2D eigenvalue weighted by Crippen LogP contribution is 2.48. The fourth-order valence-corrected chi connectivity index (χ4v) is 5.45. The molecule has 5 aromatic carbocycles. The van der Waals surface area contributed by atoms with Crippen LogP contribution in [0.4, 0.5) is 0 Å². The van der Waals surface area contributed by atoms with Crippen LogP contribution in [0.15, 0.2) is 114 Å². The molecule has 0 fully saturated rings. The van der Waals surface area contributed by atoms with Gasteiger partial charge in [0.15, 0.2) is 0 Å². The van der Waals surface area contributed by atoms with Crippen LogP contribution in [0.25, 0.3) is 44.2 Å². The minimum Gasteiger partial charge on any atom is -0.457 e. The van der Waals surface area contributed by atoms with Crippen LogP contribution in [-0.4, -0.2) is 0 Å². The van der Waals surface area contributed by atoms with Gasteiger partial charge >= 0.3 is 0 Å². The van der Waals surface area contributed by atoms with Crippen LogP contribution in [0.3, 0.4) is 0 Å². The average Bonchev–Trinajstić information content (AvgIpc) is 3.28. The summed E-state index contributed by atoms with van der Waals surface area (Å²) in [6.45, 7) is 4.53. The Hall–Kier alpha value is -4.30. The SMILES string of the molecule is CC1(C)c2ccccc2Oc2cc(-c3ccc(-c4cccc5c4oc4ccccc45)cc3)ccc21. The van der Waals surface area contributed by atoms with Crippen LogP contribution in [0.2, 0.25) is 0 Å². The van der Waals surface area contributed by atoms with E-state index in [-0.39, 0.29) is 5.41 Å². The highest BCUT2D eigenvalue weighted by molar-refractivity contribution is 6.09. The van der Waals surface area contributed by atoms with E-state index in [0.717, 1.165) is 55.7 Å². The predicted octanol–water partition coefficient (Wildman–Crippen LogP) is 9.35. The fraction of sp³-hybridized carbons (Fsp3) is 0.0909. The van der Waals surface area contributed by atoms with E-state index in [1.807, 2.05) is 18.2 Å². The molecule has 0 radical (unpaired) electrons. The fourth-order valence-electron chi connectivity index (χ4n) is 5.45. The van der Waals surface area contributed by atoms with Crippen molar-refractivity contribution in [2.24, 2.45) is 0 Å². The highest BCUT2D eigenvalue weighted by atomic mass is 16.5. The lowest BCUT2D eigenvalue weighted by Crippen LogP contribution is -2.24. The molecule has 2 heterocycles. The Morgan fingerprint density at radius 1 is 0.543 bits per heavy atom. The smallest absolute Gasteiger partial charge is 0.143 e. The Kier molecular flexibility index (Phi) is 4.22. The molecule has 0 amide bonds. The van der Waals surface area contributed by atoms with Gasteiger partial charge in [-0.25, -0.2) is 0 Å². The third kappa shape index (κ3) is 3.03. The zero-order valence-electron chi connectivity index (χ0n) is 19.7. The molecular weight excluding hydrogens is 428 g/mol. The van der Waals surface area contributed by atoms with E-state index in [1.165, 1.54) is 11.1 Å². The first-order valence-electron chi connectivity index (χ1n) is 12.0. The Bertz CT molecular complexity index is 1740. The predicted molar refractivity (Wildman–Crippen MR) is 143 cm³/mol. The average molecular weight is 453 g/mol. The molecule has 1 aliphatic rings. The molecule has 1 aliphatic heterocycles. The van der Waals surface area contributed by atoms with Gasteiger partial charge in [0.25, 0.3) is 0 Å². The maximum Gasteiger partial charge on any atom is 0.143 e. The summed E-state index contributed by atoms with van der Waals surface area (Å²) in [5.41, 5.74) is 8.76. The van der Waals surface area contributed by atoms with Crippen molar-refractivity contribution in [3.63, 3.8) is 0 Å². The number of rotatable bonds is 2. The van der Waals surface area contributed by atoms with Gasteiger partial charge in [0.1, 0.15) is 22.7 Å². The van der Waals surface area contributed by atoms with Crippen molar-refractivity contribution < 1.29 is 9.15 Å². The van der Waals surface area contributed by atoms with Crippen LogP contribution in [0.5, 0.6) is 11.5 Å². The number of fused-ring (bicyclic) bond motifs is 5. The molecule has 6 aromatic rings. The van der Waals surface area contributed by atoms with E-state index in [9.17, 15) is 0 Å². The van der Waals surface area contributed by atoms with E-state index in [0.29, 0.717) is 0 Å². The van der Waals surface area contributed by atoms with Gasteiger partial charge in [-0.1, -0.05) is 105 Å². The monoisotopic (exact) mass is 452 g/mol. The summed E-state index contributed by atoms with van der Waals surface area (Å²) in [4.78, 5) is 0. The second-order valence-electron chi connectivity index (χ2n) is 9.79. The summed E-state index contributed by atoms with van der Waals surface area (Å²) >= 11 is 0. The largest absolute Gasteiger partial charge is 0.457 e. The summed E-state index contributed by atoms with van der Waals surface area (Å²) in [7, 11) is 0. The van der Waals surface area contributed by atoms with Gasteiger partial charge in [-0.2, -0.15) is 0 Å². The van der Waals surface area contributed by atoms with Crippen molar-refractivity contribution in [2.75, 3.05) is 0 Å². The van der Waals surface area contributed by atoms with Crippen LogP contribution >= 0.6 is 0 Å². The second kappa shape index (κ2) is 7.35. The maximum atomic E-state index is 6.33. The number of furan rings is 1. The van der Waals surface area contributed by atoms with Gasteiger partial charge < -0.3 is 9.15 Å². The molecule has 0 atom stereocenters. The highest BCUT2D eigenvalue weighted by Gasteiger charge is 2.33. The molecule has 0 unspecified atom stereocenters. The van der Waals surface area contributed by atoms with E-state index >= 15 is 0 Å². The summed E-state index contributed by atoms with van der Waals surface area (Å²) < 4.78 is 12.6. The standard InChI is InChI=1S/C33H24O2/c1-33(2)27-11-4-6-13-30(27)34-31-20-23(18-19-28(31)33)21-14-16-22(17-15-21)24-9-7-10-26-25-8-3-5-12-29(25)35-32(24)26/h3-20H,1-2H3. The molecule has 1 aromatic heterocycles. The van der Waals surface area contributed by atoms with Crippen molar-refractivity contribution in [3.8, 4) is 33.8 Å². The summed E-state index contributed by atoms with van der Waals surface area (Å²) in [6, 6.07) is 38.2.